The number of fused-ring (bicyclic) bond motifs is 1. The van der Waals surface area contributed by atoms with E-state index in [1.807, 2.05) is 11.6 Å². The number of hydrogen-bond donors (Lipinski definition) is 0. The summed E-state index contributed by atoms with van der Waals surface area (Å²) in [4.78, 5) is 9.10. The number of aromatic nitrogens is 5. The van der Waals surface area contributed by atoms with E-state index in [9.17, 15) is 0 Å². The van der Waals surface area contributed by atoms with Gasteiger partial charge in [-0.05, 0) is 12.5 Å². The van der Waals surface area contributed by atoms with Crippen LogP contribution in [0, 0.1) is 0 Å². The van der Waals surface area contributed by atoms with Crippen molar-refractivity contribution in [1.29, 1.82) is 0 Å². The molecule has 8 heteroatoms. The minimum absolute atomic E-state index is 0.833. The van der Waals surface area contributed by atoms with Crippen molar-refractivity contribution < 1.29 is 0 Å². The molecule has 0 aliphatic carbocycles. The molecule has 0 saturated carbocycles. The lowest BCUT2D eigenvalue weighted by atomic mass is 10.2. The molecule has 7 nitrogen and oxygen atoms in total. The van der Waals surface area contributed by atoms with Crippen molar-refractivity contribution >= 4 is 27.8 Å². The Kier molecular flexibility index (Phi) is 3.38. The maximum Gasteiger partial charge on any atom is 0.200 e. The normalized spacial score (nSPS) is 15.7. The molecule has 1 aliphatic rings. The summed E-state index contributed by atoms with van der Waals surface area (Å²) in [7, 11) is 0. The van der Waals surface area contributed by atoms with Gasteiger partial charge in [0.2, 0.25) is 5.65 Å². The zero-order valence-electron chi connectivity index (χ0n) is 12.4. The van der Waals surface area contributed by atoms with Gasteiger partial charge in [-0.3, -0.25) is 0 Å². The van der Waals surface area contributed by atoms with Crippen LogP contribution in [0.15, 0.2) is 24.0 Å². The number of nitrogens with zero attached hydrogens (tertiary/aromatic N) is 7. The fourth-order valence-electron chi connectivity index (χ4n) is 2.78. The lowest BCUT2D eigenvalue weighted by Gasteiger charge is -2.35. The molecular formula is C14H17N7S. The minimum Gasteiger partial charge on any atom is -0.365 e. The predicted octanol–water partition coefficient (Wildman–Crippen LogP) is 1.47. The molecule has 22 heavy (non-hydrogen) atoms. The van der Waals surface area contributed by atoms with Gasteiger partial charge in [-0.15, -0.1) is 21.5 Å². The van der Waals surface area contributed by atoms with Crippen LogP contribution >= 0.6 is 11.3 Å². The van der Waals surface area contributed by atoms with Gasteiger partial charge in [0.15, 0.2) is 5.13 Å². The van der Waals surface area contributed by atoms with Gasteiger partial charge in [0.05, 0.1) is 11.4 Å². The average molecular weight is 315 g/mol. The second kappa shape index (κ2) is 5.53. The van der Waals surface area contributed by atoms with E-state index in [0.717, 1.165) is 54.8 Å². The van der Waals surface area contributed by atoms with E-state index in [-0.39, 0.29) is 0 Å². The van der Waals surface area contributed by atoms with Crippen LogP contribution in [-0.4, -0.2) is 51.0 Å². The Morgan fingerprint density at radius 3 is 2.73 bits per heavy atom. The van der Waals surface area contributed by atoms with Crippen LogP contribution in [-0.2, 0) is 6.42 Å². The average Bonchev–Trinajstić information content (AvgIpc) is 3.25. The van der Waals surface area contributed by atoms with Crippen LogP contribution < -0.4 is 9.80 Å². The lowest BCUT2D eigenvalue weighted by molar-refractivity contribution is 0.650. The molecular weight excluding hydrogens is 298 g/mol. The van der Waals surface area contributed by atoms with Crippen molar-refractivity contribution in [2.24, 2.45) is 0 Å². The van der Waals surface area contributed by atoms with Crippen molar-refractivity contribution in [2.45, 2.75) is 13.3 Å². The van der Waals surface area contributed by atoms with Gasteiger partial charge in [-0.2, -0.15) is 9.61 Å². The molecule has 1 aliphatic heterocycles. The monoisotopic (exact) mass is 315 g/mol. The predicted molar refractivity (Wildman–Crippen MR) is 86.7 cm³/mol. The van der Waals surface area contributed by atoms with Crippen LogP contribution in [0.25, 0.3) is 5.65 Å². The van der Waals surface area contributed by atoms with E-state index in [1.54, 1.807) is 22.2 Å². The lowest BCUT2D eigenvalue weighted by Crippen LogP contribution is -2.46. The first-order chi connectivity index (χ1) is 10.8. The molecule has 0 radical (unpaired) electrons. The van der Waals surface area contributed by atoms with Gasteiger partial charge in [0.25, 0.3) is 0 Å². The van der Waals surface area contributed by atoms with Crippen LogP contribution in [0.5, 0.6) is 0 Å². The Labute approximate surface area is 132 Å². The summed E-state index contributed by atoms with van der Waals surface area (Å²) in [6.45, 7) is 5.96. The van der Waals surface area contributed by atoms with Gasteiger partial charge >= 0.3 is 0 Å². The van der Waals surface area contributed by atoms with Gasteiger partial charge < -0.3 is 9.80 Å². The van der Waals surface area contributed by atoms with E-state index in [4.69, 9.17) is 0 Å². The molecule has 0 unspecified atom stereocenters. The quantitative estimate of drug-likeness (QED) is 0.729. The molecule has 114 valence electrons. The maximum atomic E-state index is 4.51. The number of thiazole rings is 1. The Bertz CT molecular complexity index is 759. The van der Waals surface area contributed by atoms with E-state index in [2.05, 4.69) is 43.1 Å². The largest absolute Gasteiger partial charge is 0.365 e. The van der Waals surface area contributed by atoms with E-state index in [0.29, 0.717) is 0 Å². The molecule has 0 atom stereocenters. The van der Waals surface area contributed by atoms with Crippen LogP contribution in [0.2, 0.25) is 0 Å². The summed E-state index contributed by atoms with van der Waals surface area (Å²) >= 11 is 1.70. The zero-order chi connectivity index (χ0) is 14.9. The molecule has 0 amide bonds. The standard InChI is InChI=1S/C14H17N7S/c1-2-11-9-12(13-17-16-10-21(13)18-11)19-4-6-20(7-5-19)14-15-3-8-22-14/h3,8-10H,2,4-7H2,1H3. The SMILES string of the molecule is CCc1cc(N2CCN(c3nccs3)CC2)c2nncn2n1. The number of piperazine rings is 1. The fourth-order valence-corrected chi connectivity index (χ4v) is 3.47. The number of aryl methyl sites for hydroxylation is 1. The zero-order valence-corrected chi connectivity index (χ0v) is 13.2. The first kappa shape index (κ1) is 13.4. The third kappa shape index (κ3) is 2.29. The molecule has 1 saturated heterocycles. The molecule has 0 spiro atoms. The van der Waals surface area contributed by atoms with E-state index in [1.165, 1.54) is 0 Å². The molecule has 4 rings (SSSR count). The maximum absolute atomic E-state index is 4.51. The Morgan fingerprint density at radius 1 is 1.18 bits per heavy atom. The second-order valence-corrected chi connectivity index (χ2v) is 6.14. The highest BCUT2D eigenvalue weighted by Gasteiger charge is 2.21. The summed E-state index contributed by atoms with van der Waals surface area (Å²) in [6, 6.07) is 2.14. The first-order valence-electron chi connectivity index (χ1n) is 7.44. The molecule has 0 bridgehead atoms. The Balaban J connectivity index is 1.59. The Hall–Kier alpha value is -2.22. The number of anilines is 2. The van der Waals surface area contributed by atoms with Crippen molar-refractivity contribution in [3.63, 3.8) is 0 Å². The van der Waals surface area contributed by atoms with Crippen molar-refractivity contribution in [1.82, 2.24) is 24.8 Å². The molecule has 0 aromatic carbocycles. The molecule has 4 heterocycles. The van der Waals surface area contributed by atoms with E-state index >= 15 is 0 Å². The smallest absolute Gasteiger partial charge is 0.200 e. The summed E-state index contributed by atoms with van der Waals surface area (Å²) in [5, 5.41) is 15.9. The number of hydrogen-bond acceptors (Lipinski definition) is 7. The highest BCUT2D eigenvalue weighted by molar-refractivity contribution is 7.13. The van der Waals surface area contributed by atoms with Gasteiger partial charge in [0.1, 0.15) is 6.33 Å². The topological polar surface area (TPSA) is 62.5 Å². The summed E-state index contributed by atoms with van der Waals surface area (Å²) in [5.74, 6) is 0. The van der Waals surface area contributed by atoms with Crippen LogP contribution in [0.4, 0.5) is 10.8 Å². The molecule has 3 aromatic rings. The Morgan fingerprint density at radius 2 is 2.00 bits per heavy atom. The van der Waals surface area contributed by atoms with Crippen molar-refractivity contribution in [3.8, 4) is 0 Å². The first-order valence-corrected chi connectivity index (χ1v) is 8.32. The number of rotatable bonds is 3. The summed E-state index contributed by atoms with van der Waals surface area (Å²) < 4.78 is 1.78. The second-order valence-electron chi connectivity index (χ2n) is 5.26. The fraction of sp³-hybridized carbons (Fsp3) is 0.429. The van der Waals surface area contributed by atoms with Crippen LogP contribution in [0.3, 0.4) is 0 Å². The van der Waals surface area contributed by atoms with Crippen molar-refractivity contribution in [3.05, 3.63) is 29.7 Å². The van der Waals surface area contributed by atoms with E-state index < -0.39 is 0 Å². The summed E-state index contributed by atoms with van der Waals surface area (Å²) in [5.41, 5.74) is 3.02. The molecule has 0 N–H and O–H groups in total. The van der Waals surface area contributed by atoms with Crippen molar-refractivity contribution in [2.75, 3.05) is 36.0 Å². The highest BCUT2D eigenvalue weighted by Crippen LogP contribution is 2.24. The minimum atomic E-state index is 0.833. The molecule has 1 fully saturated rings. The van der Waals surface area contributed by atoms with Crippen LogP contribution in [0.1, 0.15) is 12.6 Å². The summed E-state index contributed by atoms with van der Waals surface area (Å²) in [6.07, 6.45) is 4.44. The van der Waals surface area contributed by atoms with Gasteiger partial charge in [-0.1, -0.05) is 6.92 Å². The van der Waals surface area contributed by atoms with Gasteiger partial charge in [-0.25, -0.2) is 4.98 Å². The molecule has 3 aromatic heterocycles. The third-order valence-electron chi connectivity index (χ3n) is 3.97. The van der Waals surface area contributed by atoms with Gasteiger partial charge in [0, 0.05) is 37.8 Å². The highest BCUT2D eigenvalue weighted by atomic mass is 32.1. The third-order valence-corrected chi connectivity index (χ3v) is 4.80.